The summed E-state index contributed by atoms with van der Waals surface area (Å²) in [5, 5.41) is 9.44. The van der Waals surface area contributed by atoms with Crippen LogP contribution in [-0.4, -0.2) is 31.3 Å². The zero-order valence-electron chi connectivity index (χ0n) is 14.7. The van der Waals surface area contributed by atoms with Gasteiger partial charge in [0.15, 0.2) is 16.8 Å². The fourth-order valence-corrected chi connectivity index (χ4v) is 4.91. The van der Waals surface area contributed by atoms with Crippen molar-refractivity contribution in [2.24, 2.45) is 0 Å². The number of ketones is 1. The number of thiophene rings is 1. The number of hydrogen-bond donors (Lipinski definition) is 0. The number of nitrogens with zero attached hydrogens (tertiary/aromatic N) is 4. The summed E-state index contributed by atoms with van der Waals surface area (Å²) in [5.74, 6) is 1.14. The van der Waals surface area contributed by atoms with E-state index in [1.165, 1.54) is 23.1 Å². The summed E-state index contributed by atoms with van der Waals surface area (Å²) in [4.78, 5) is 17.4. The quantitative estimate of drug-likeness (QED) is 0.274. The Balaban J connectivity index is 1.61. The Morgan fingerprint density at radius 1 is 1.07 bits per heavy atom. The van der Waals surface area contributed by atoms with E-state index in [4.69, 9.17) is 0 Å². The van der Waals surface area contributed by atoms with E-state index in [0.29, 0.717) is 17.5 Å². The van der Waals surface area contributed by atoms with Gasteiger partial charge in [0.25, 0.3) is 0 Å². The Kier molecular flexibility index (Phi) is 5.99. The smallest absolute Gasteiger partial charge is 0.192 e. The van der Waals surface area contributed by atoms with Crippen LogP contribution in [0.3, 0.4) is 0 Å². The van der Waals surface area contributed by atoms with Gasteiger partial charge in [0, 0.05) is 18.0 Å². The lowest BCUT2D eigenvalue weighted by Gasteiger charge is -2.10. The summed E-state index contributed by atoms with van der Waals surface area (Å²) in [7, 11) is 0. The topological polar surface area (TPSA) is 60.7 Å². The maximum atomic E-state index is 12.5. The molecular weight excluding hydrogens is 456 g/mol. The molecule has 0 radical (unpaired) electrons. The van der Waals surface area contributed by atoms with Crippen LogP contribution >= 0.6 is 39.0 Å². The van der Waals surface area contributed by atoms with Crippen LogP contribution in [0, 0.1) is 0 Å². The number of thioether (sulfide) groups is 1. The molecule has 3 aromatic heterocycles. The number of hydrogen-bond acceptors (Lipinski definition) is 6. The molecule has 0 spiro atoms. The number of rotatable bonds is 7. The molecule has 4 rings (SSSR count). The van der Waals surface area contributed by atoms with E-state index in [0.717, 1.165) is 25.6 Å². The first-order valence-electron chi connectivity index (χ1n) is 8.49. The molecule has 0 aliphatic rings. The van der Waals surface area contributed by atoms with E-state index >= 15 is 0 Å². The third kappa shape index (κ3) is 4.40. The Bertz CT molecular complexity index is 1080. The van der Waals surface area contributed by atoms with Crippen LogP contribution in [0.25, 0.3) is 11.4 Å². The second kappa shape index (κ2) is 8.81. The summed E-state index contributed by atoms with van der Waals surface area (Å²) in [6.07, 6.45) is 3.50. The molecule has 0 saturated carbocycles. The van der Waals surface area contributed by atoms with Crippen LogP contribution in [0.2, 0.25) is 0 Å². The molecular formula is C20H15BrN4OS2. The molecule has 4 aromatic rings. The van der Waals surface area contributed by atoms with Crippen molar-refractivity contribution in [2.75, 3.05) is 5.75 Å². The number of carbonyl (C=O) groups excluding carboxylic acids is 1. The molecule has 0 N–H and O–H groups in total. The highest BCUT2D eigenvalue weighted by molar-refractivity contribution is 9.11. The van der Waals surface area contributed by atoms with Crippen molar-refractivity contribution in [2.45, 2.75) is 11.7 Å². The van der Waals surface area contributed by atoms with Gasteiger partial charge in [0.05, 0.1) is 21.0 Å². The van der Waals surface area contributed by atoms with E-state index in [2.05, 4.69) is 43.2 Å². The zero-order chi connectivity index (χ0) is 19.3. The fourth-order valence-electron chi connectivity index (χ4n) is 2.68. The van der Waals surface area contributed by atoms with Crippen molar-refractivity contribution < 1.29 is 4.79 Å². The first-order chi connectivity index (χ1) is 13.7. The van der Waals surface area contributed by atoms with E-state index in [9.17, 15) is 4.79 Å². The number of pyridine rings is 1. The third-order valence-corrected chi connectivity index (χ3v) is 6.63. The zero-order valence-corrected chi connectivity index (χ0v) is 17.9. The molecule has 5 nitrogen and oxygen atoms in total. The highest BCUT2D eigenvalue weighted by Crippen LogP contribution is 2.27. The van der Waals surface area contributed by atoms with E-state index in [-0.39, 0.29) is 5.78 Å². The van der Waals surface area contributed by atoms with Gasteiger partial charge < -0.3 is 0 Å². The summed E-state index contributed by atoms with van der Waals surface area (Å²) >= 11 is 6.25. The van der Waals surface area contributed by atoms with Gasteiger partial charge in [-0.25, -0.2) is 0 Å². The highest BCUT2D eigenvalue weighted by Gasteiger charge is 2.17. The second-order valence-electron chi connectivity index (χ2n) is 5.94. The Morgan fingerprint density at radius 3 is 2.64 bits per heavy atom. The molecule has 0 amide bonds. The molecule has 3 heterocycles. The van der Waals surface area contributed by atoms with Crippen LogP contribution in [0.15, 0.2) is 75.9 Å². The molecule has 140 valence electrons. The van der Waals surface area contributed by atoms with Crippen LogP contribution in [0.5, 0.6) is 0 Å². The largest absolute Gasteiger partial charge is 0.297 e. The lowest BCUT2D eigenvalue weighted by Crippen LogP contribution is -2.06. The number of benzene rings is 1. The summed E-state index contributed by atoms with van der Waals surface area (Å²) in [6.45, 7) is 0.624. The van der Waals surface area contributed by atoms with Gasteiger partial charge in [0.1, 0.15) is 0 Å². The molecule has 0 unspecified atom stereocenters. The normalized spacial score (nSPS) is 10.9. The first kappa shape index (κ1) is 19.0. The van der Waals surface area contributed by atoms with E-state index in [1.807, 2.05) is 47.0 Å². The van der Waals surface area contributed by atoms with Gasteiger partial charge in [-0.1, -0.05) is 42.1 Å². The molecule has 0 atom stereocenters. The predicted molar refractivity (Wildman–Crippen MR) is 116 cm³/mol. The van der Waals surface area contributed by atoms with Crippen LogP contribution in [0.4, 0.5) is 0 Å². The van der Waals surface area contributed by atoms with Gasteiger partial charge >= 0.3 is 0 Å². The standard InChI is InChI=1S/C20H15BrN4OS2/c21-18-9-8-17(28-18)16(26)13-27-20-24-23-19(15-7-4-10-22-11-15)25(20)12-14-5-2-1-3-6-14/h1-11H,12-13H2. The monoisotopic (exact) mass is 470 g/mol. The number of halogens is 1. The molecule has 0 bridgehead atoms. The van der Waals surface area contributed by atoms with Crippen LogP contribution < -0.4 is 0 Å². The van der Waals surface area contributed by atoms with Gasteiger partial charge in [-0.3, -0.25) is 14.3 Å². The van der Waals surface area contributed by atoms with Crippen LogP contribution in [-0.2, 0) is 6.54 Å². The minimum absolute atomic E-state index is 0.0814. The highest BCUT2D eigenvalue weighted by atomic mass is 79.9. The summed E-state index contributed by atoms with van der Waals surface area (Å²) in [6, 6.07) is 17.7. The SMILES string of the molecule is O=C(CSc1nnc(-c2cccnc2)n1Cc1ccccc1)c1ccc(Br)s1. The van der Waals surface area contributed by atoms with Crippen molar-refractivity contribution in [3.05, 3.63) is 81.2 Å². The average Bonchev–Trinajstić information content (AvgIpc) is 3.34. The van der Waals surface area contributed by atoms with E-state index < -0.39 is 0 Å². The molecule has 28 heavy (non-hydrogen) atoms. The molecule has 0 fully saturated rings. The predicted octanol–water partition coefficient (Wildman–Crippen LogP) is 5.19. The molecule has 0 saturated heterocycles. The second-order valence-corrected chi connectivity index (χ2v) is 9.34. The lowest BCUT2D eigenvalue weighted by molar-refractivity contribution is 0.102. The van der Waals surface area contributed by atoms with Gasteiger partial charge in [-0.2, -0.15) is 0 Å². The van der Waals surface area contributed by atoms with Crippen molar-refractivity contribution in [1.82, 2.24) is 19.7 Å². The maximum Gasteiger partial charge on any atom is 0.192 e. The summed E-state index contributed by atoms with van der Waals surface area (Å²) in [5.41, 5.74) is 2.04. The molecule has 1 aromatic carbocycles. The van der Waals surface area contributed by atoms with Crippen molar-refractivity contribution in [3.8, 4) is 11.4 Å². The minimum atomic E-state index is 0.0814. The molecule has 0 aliphatic heterocycles. The van der Waals surface area contributed by atoms with Gasteiger partial charge in [0.2, 0.25) is 0 Å². The van der Waals surface area contributed by atoms with E-state index in [1.54, 1.807) is 12.4 Å². The Labute approximate surface area is 179 Å². The summed E-state index contributed by atoms with van der Waals surface area (Å²) < 4.78 is 2.99. The van der Waals surface area contributed by atoms with Crippen molar-refractivity contribution in [1.29, 1.82) is 0 Å². The Hall–Kier alpha value is -2.29. The third-order valence-electron chi connectivity index (χ3n) is 4.00. The number of Topliss-reactive ketones (excluding diaryl/α,β-unsaturated/α-hetero) is 1. The van der Waals surface area contributed by atoms with Gasteiger partial charge in [-0.05, 0) is 45.8 Å². The molecule has 0 aliphatic carbocycles. The van der Waals surface area contributed by atoms with Crippen molar-refractivity contribution >= 4 is 44.8 Å². The van der Waals surface area contributed by atoms with Crippen molar-refractivity contribution in [3.63, 3.8) is 0 Å². The Morgan fingerprint density at radius 2 is 1.93 bits per heavy atom. The first-order valence-corrected chi connectivity index (χ1v) is 11.1. The van der Waals surface area contributed by atoms with Gasteiger partial charge in [-0.15, -0.1) is 21.5 Å². The lowest BCUT2D eigenvalue weighted by atomic mass is 10.2. The fraction of sp³-hybridized carbons (Fsp3) is 0.100. The maximum absolute atomic E-state index is 12.5. The minimum Gasteiger partial charge on any atom is -0.297 e. The number of aromatic nitrogens is 4. The average molecular weight is 471 g/mol. The van der Waals surface area contributed by atoms with Crippen LogP contribution in [0.1, 0.15) is 15.2 Å². The molecule has 8 heteroatoms. The number of carbonyl (C=O) groups is 1.